The third-order valence-electron chi connectivity index (χ3n) is 5.97. The molecule has 0 spiro atoms. The number of rotatable bonds is 11. The van der Waals surface area contributed by atoms with Gasteiger partial charge in [-0.3, -0.25) is 0 Å². The minimum atomic E-state index is -0.864. The summed E-state index contributed by atoms with van der Waals surface area (Å²) in [7, 11) is 0. The van der Waals surface area contributed by atoms with Crippen molar-refractivity contribution in [1.29, 1.82) is 0 Å². The average molecular weight is 493 g/mol. The van der Waals surface area contributed by atoms with Gasteiger partial charge in [-0.25, -0.2) is 4.79 Å². The molecule has 1 aliphatic rings. The SMILES string of the molecule is CCCCOCCOc1ccc(-c2ccc3c(c2)C=C(C(=O)O)CCN3Cc2cc(C)ns2)cc1. The van der Waals surface area contributed by atoms with Crippen molar-refractivity contribution in [3.8, 4) is 16.9 Å². The van der Waals surface area contributed by atoms with Crippen molar-refractivity contribution >= 4 is 29.3 Å². The van der Waals surface area contributed by atoms with Crippen LogP contribution in [0.4, 0.5) is 5.69 Å². The molecule has 35 heavy (non-hydrogen) atoms. The maximum atomic E-state index is 11.8. The molecule has 0 amide bonds. The van der Waals surface area contributed by atoms with Gasteiger partial charge in [-0.05, 0) is 84.4 Å². The summed E-state index contributed by atoms with van der Waals surface area (Å²) in [5.41, 5.74) is 5.49. The first-order valence-electron chi connectivity index (χ1n) is 12.1. The summed E-state index contributed by atoms with van der Waals surface area (Å²) >= 11 is 1.50. The van der Waals surface area contributed by atoms with Gasteiger partial charge in [0.1, 0.15) is 12.4 Å². The van der Waals surface area contributed by atoms with Crippen LogP contribution in [0.25, 0.3) is 17.2 Å². The molecule has 0 fully saturated rings. The Morgan fingerprint density at radius 2 is 1.89 bits per heavy atom. The van der Waals surface area contributed by atoms with E-state index in [1.54, 1.807) is 0 Å². The number of anilines is 1. The number of benzene rings is 2. The molecule has 184 valence electrons. The normalized spacial score (nSPS) is 13.2. The van der Waals surface area contributed by atoms with Crippen molar-refractivity contribution in [3.63, 3.8) is 0 Å². The van der Waals surface area contributed by atoms with Crippen molar-refractivity contribution in [2.24, 2.45) is 0 Å². The maximum absolute atomic E-state index is 11.8. The van der Waals surface area contributed by atoms with E-state index in [4.69, 9.17) is 9.47 Å². The van der Waals surface area contributed by atoms with E-state index in [0.29, 0.717) is 38.3 Å². The van der Waals surface area contributed by atoms with Gasteiger partial charge < -0.3 is 19.5 Å². The lowest BCUT2D eigenvalue weighted by molar-refractivity contribution is -0.132. The Morgan fingerprint density at radius 1 is 1.09 bits per heavy atom. The maximum Gasteiger partial charge on any atom is 0.331 e. The molecule has 0 unspecified atom stereocenters. The van der Waals surface area contributed by atoms with Crippen LogP contribution in [0.2, 0.25) is 0 Å². The van der Waals surface area contributed by atoms with Gasteiger partial charge in [-0.1, -0.05) is 31.5 Å². The number of hydrogen-bond acceptors (Lipinski definition) is 6. The van der Waals surface area contributed by atoms with Crippen molar-refractivity contribution in [3.05, 3.63) is 70.2 Å². The Bertz CT molecular complexity index is 1170. The Kier molecular flexibility index (Phi) is 8.55. The van der Waals surface area contributed by atoms with E-state index in [9.17, 15) is 9.90 Å². The van der Waals surface area contributed by atoms with Crippen LogP contribution in [-0.2, 0) is 16.1 Å². The monoisotopic (exact) mass is 492 g/mol. The summed E-state index contributed by atoms with van der Waals surface area (Å²) in [6, 6.07) is 16.4. The van der Waals surface area contributed by atoms with Crippen LogP contribution in [0.5, 0.6) is 5.75 Å². The van der Waals surface area contributed by atoms with Gasteiger partial charge >= 0.3 is 5.97 Å². The van der Waals surface area contributed by atoms with Crippen LogP contribution >= 0.6 is 11.5 Å². The number of aryl methyl sites for hydroxylation is 1. The molecule has 0 radical (unpaired) electrons. The molecule has 4 rings (SSSR count). The van der Waals surface area contributed by atoms with E-state index in [1.807, 2.05) is 37.3 Å². The lowest BCUT2D eigenvalue weighted by atomic mass is 10.00. The standard InChI is InChI=1S/C28H32N2O4S/c1-3-4-13-33-14-15-34-25-8-5-21(6-9-25)22-7-10-27-24(17-22)18-23(28(31)32)11-12-30(27)19-26-16-20(2)29-35-26/h5-10,16-18H,3-4,11-15,19H2,1-2H3,(H,31,32). The molecule has 0 bridgehead atoms. The highest BCUT2D eigenvalue weighted by Gasteiger charge is 2.20. The summed E-state index contributed by atoms with van der Waals surface area (Å²) < 4.78 is 15.7. The number of aromatic nitrogens is 1. The zero-order valence-electron chi connectivity index (χ0n) is 20.3. The zero-order chi connectivity index (χ0) is 24.6. The molecule has 3 aromatic rings. The van der Waals surface area contributed by atoms with Crippen LogP contribution in [-0.4, -0.2) is 41.8 Å². The van der Waals surface area contributed by atoms with Crippen molar-refractivity contribution in [2.45, 2.75) is 39.7 Å². The van der Waals surface area contributed by atoms with Crippen molar-refractivity contribution < 1.29 is 19.4 Å². The molecule has 7 heteroatoms. The number of carboxylic acid groups (broad SMARTS) is 1. The number of unbranched alkanes of at least 4 members (excludes halogenated alkanes) is 1. The molecule has 1 N–H and O–H groups in total. The predicted molar refractivity (Wildman–Crippen MR) is 141 cm³/mol. The molecule has 0 saturated carbocycles. The highest BCUT2D eigenvalue weighted by Crippen LogP contribution is 2.34. The summed E-state index contributed by atoms with van der Waals surface area (Å²) in [5, 5.41) is 9.70. The fourth-order valence-electron chi connectivity index (χ4n) is 4.10. The molecule has 0 saturated heterocycles. The van der Waals surface area contributed by atoms with E-state index in [2.05, 4.69) is 40.5 Å². The van der Waals surface area contributed by atoms with Gasteiger partial charge in [-0.2, -0.15) is 4.37 Å². The van der Waals surface area contributed by atoms with Gasteiger partial charge in [-0.15, -0.1) is 0 Å². The molecular weight excluding hydrogens is 460 g/mol. The number of carboxylic acids is 1. The highest BCUT2D eigenvalue weighted by molar-refractivity contribution is 7.05. The second kappa shape index (κ2) is 12.0. The molecule has 1 aromatic heterocycles. The Hall–Kier alpha value is -3.16. The first kappa shape index (κ1) is 24.9. The molecule has 0 aliphatic carbocycles. The second-order valence-corrected chi connectivity index (χ2v) is 9.58. The quantitative estimate of drug-likeness (QED) is 0.322. The molecule has 2 aromatic carbocycles. The summed E-state index contributed by atoms with van der Waals surface area (Å²) in [4.78, 5) is 15.2. The Labute approximate surface area is 211 Å². The van der Waals surface area contributed by atoms with Crippen molar-refractivity contribution in [2.75, 3.05) is 31.3 Å². The third kappa shape index (κ3) is 6.71. The molecular formula is C28H32N2O4S. The average Bonchev–Trinajstić information content (AvgIpc) is 3.18. The van der Waals surface area contributed by atoms with E-state index < -0.39 is 5.97 Å². The number of carbonyl (C=O) groups is 1. The molecule has 6 nitrogen and oxygen atoms in total. The van der Waals surface area contributed by atoms with E-state index >= 15 is 0 Å². The van der Waals surface area contributed by atoms with Crippen LogP contribution in [0.3, 0.4) is 0 Å². The predicted octanol–water partition coefficient (Wildman–Crippen LogP) is 6.19. The number of fused-ring (bicyclic) bond motifs is 1. The lowest BCUT2D eigenvalue weighted by Crippen LogP contribution is -2.24. The number of nitrogens with zero attached hydrogens (tertiary/aromatic N) is 2. The fraction of sp³-hybridized carbons (Fsp3) is 0.357. The van der Waals surface area contributed by atoms with Crippen LogP contribution < -0.4 is 9.64 Å². The minimum absolute atomic E-state index is 0.427. The van der Waals surface area contributed by atoms with Gasteiger partial charge in [0.2, 0.25) is 0 Å². The summed E-state index contributed by atoms with van der Waals surface area (Å²) in [6.45, 7) is 7.39. The Balaban J connectivity index is 1.51. The number of aliphatic carboxylic acids is 1. The van der Waals surface area contributed by atoms with Gasteiger partial charge in [0.05, 0.1) is 18.8 Å². The van der Waals surface area contributed by atoms with E-state index in [-0.39, 0.29) is 0 Å². The zero-order valence-corrected chi connectivity index (χ0v) is 21.1. The largest absolute Gasteiger partial charge is 0.491 e. The summed E-state index contributed by atoms with van der Waals surface area (Å²) in [5.74, 6) is -0.0568. The third-order valence-corrected chi connectivity index (χ3v) is 6.83. The highest BCUT2D eigenvalue weighted by atomic mass is 32.1. The fourth-order valence-corrected chi connectivity index (χ4v) is 4.85. The summed E-state index contributed by atoms with van der Waals surface area (Å²) in [6.07, 6.45) is 4.50. The van der Waals surface area contributed by atoms with Gasteiger partial charge in [0, 0.05) is 29.3 Å². The second-order valence-electron chi connectivity index (χ2n) is 8.69. The van der Waals surface area contributed by atoms with Gasteiger partial charge in [0.15, 0.2) is 0 Å². The van der Waals surface area contributed by atoms with Crippen molar-refractivity contribution in [1.82, 2.24) is 4.37 Å². The smallest absolute Gasteiger partial charge is 0.331 e. The Morgan fingerprint density at radius 3 is 2.60 bits per heavy atom. The molecule has 2 heterocycles. The first-order valence-corrected chi connectivity index (χ1v) is 12.9. The van der Waals surface area contributed by atoms with Crippen LogP contribution in [0.15, 0.2) is 54.1 Å². The topological polar surface area (TPSA) is 71.9 Å². The number of ether oxygens (including phenoxy) is 2. The number of hydrogen-bond donors (Lipinski definition) is 1. The van der Waals surface area contributed by atoms with E-state index in [0.717, 1.165) is 53.3 Å². The van der Waals surface area contributed by atoms with Crippen LogP contribution in [0.1, 0.15) is 42.3 Å². The van der Waals surface area contributed by atoms with Gasteiger partial charge in [0.25, 0.3) is 0 Å². The minimum Gasteiger partial charge on any atom is -0.491 e. The van der Waals surface area contributed by atoms with Crippen LogP contribution in [0, 0.1) is 6.92 Å². The molecule has 1 aliphatic heterocycles. The van der Waals surface area contributed by atoms with E-state index in [1.165, 1.54) is 16.4 Å². The molecule has 0 atom stereocenters. The first-order chi connectivity index (χ1) is 17.0. The lowest BCUT2D eigenvalue weighted by Gasteiger charge is -2.24.